The van der Waals surface area contributed by atoms with Gasteiger partial charge in [-0.05, 0) is 31.9 Å². The number of benzene rings is 1. The third-order valence-electron chi connectivity index (χ3n) is 3.12. The van der Waals surface area contributed by atoms with Gasteiger partial charge in [-0.3, -0.25) is 4.79 Å². The Morgan fingerprint density at radius 3 is 2.42 bits per heavy atom. The molecule has 0 bridgehead atoms. The maximum atomic E-state index is 12.3. The van der Waals surface area contributed by atoms with Gasteiger partial charge in [0.1, 0.15) is 6.04 Å². The van der Waals surface area contributed by atoms with Gasteiger partial charge in [-0.1, -0.05) is 17.7 Å². The average molecular weight is 287 g/mol. The molecule has 1 aromatic carbocycles. The molecule has 1 aliphatic rings. The largest absolute Gasteiger partial charge is 0.480 e. The van der Waals surface area contributed by atoms with E-state index in [9.17, 15) is 13.2 Å². The van der Waals surface area contributed by atoms with Crippen molar-refractivity contribution in [2.75, 3.05) is 6.54 Å². The second-order valence-electron chi connectivity index (χ2n) is 4.43. The minimum Gasteiger partial charge on any atom is -0.480 e. The molecule has 1 aliphatic heterocycles. The highest BCUT2D eigenvalue weighted by atomic mass is 32.2. The van der Waals surface area contributed by atoms with Crippen molar-refractivity contribution in [3.8, 4) is 0 Å². The van der Waals surface area contributed by atoms with Gasteiger partial charge in [0.2, 0.25) is 10.0 Å². The average Bonchev–Trinajstić information content (AvgIpc) is 2.79. The van der Waals surface area contributed by atoms with E-state index in [4.69, 9.17) is 5.11 Å². The van der Waals surface area contributed by atoms with Crippen LogP contribution in [-0.4, -0.2) is 41.9 Å². The van der Waals surface area contributed by atoms with Crippen LogP contribution in [0.15, 0.2) is 29.2 Å². The summed E-state index contributed by atoms with van der Waals surface area (Å²) in [6.07, 6.45) is 0.961. The third-order valence-corrected chi connectivity index (χ3v) is 5.04. The van der Waals surface area contributed by atoms with E-state index in [-0.39, 0.29) is 16.9 Å². The van der Waals surface area contributed by atoms with Crippen LogP contribution in [0.1, 0.15) is 18.4 Å². The number of hydrogen-bond acceptors (Lipinski definition) is 3. The van der Waals surface area contributed by atoms with Crippen LogP contribution in [0.2, 0.25) is 0 Å². The number of carbonyl (C=O) groups is 1. The maximum absolute atomic E-state index is 12.3. The topological polar surface area (TPSA) is 106 Å². The zero-order valence-electron chi connectivity index (χ0n) is 10.5. The predicted octanol–water partition coefficient (Wildman–Crippen LogP) is 0.408. The Labute approximate surface area is 112 Å². The molecule has 0 aliphatic carbocycles. The summed E-state index contributed by atoms with van der Waals surface area (Å²) in [6.45, 7) is 2.14. The lowest BCUT2D eigenvalue weighted by Crippen LogP contribution is -2.40. The number of nitrogens with zero attached hydrogens (tertiary/aromatic N) is 1. The first kappa shape index (κ1) is 15.6. The Morgan fingerprint density at radius 2 is 1.89 bits per heavy atom. The summed E-state index contributed by atoms with van der Waals surface area (Å²) in [5, 5.41) is 9.03. The lowest BCUT2D eigenvalue weighted by molar-refractivity contribution is -0.140. The van der Waals surface area contributed by atoms with Crippen LogP contribution < -0.4 is 0 Å². The van der Waals surface area contributed by atoms with Gasteiger partial charge in [0, 0.05) is 6.54 Å². The third kappa shape index (κ3) is 2.94. The summed E-state index contributed by atoms with van der Waals surface area (Å²) in [5.74, 6) is -1.08. The van der Waals surface area contributed by atoms with E-state index >= 15 is 0 Å². The lowest BCUT2D eigenvalue weighted by Gasteiger charge is -2.20. The zero-order chi connectivity index (χ0) is 13.3. The molecule has 0 aromatic heterocycles. The fraction of sp³-hybridized carbons (Fsp3) is 0.417. The SMILES string of the molecule is Cc1ccc(S(=O)(=O)N2CCCC2C(=O)O)cc1.O. The van der Waals surface area contributed by atoms with Gasteiger partial charge in [0.05, 0.1) is 4.90 Å². The van der Waals surface area contributed by atoms with E-state index in [1.807, 2.05) is 6.92 Å². The molecular weight excluding hydrogens is 270 g/mol. The summed E-state index contributed by atoms with van der Waals surface area (Å²) in [6, 6.07) is 5.51. The van der Waals surface area contributed by atoms with Crippen LogP contribution in [0, 0.1) is 6.92 Å². The van der Waals surface area contributed by atoms with Gasteiger partial charge >= 0.3 is 5.97 Å². The molecule has 7 heteroatoms. The number of hydrogen-bond donors (Lipinski definition) is 1. The van der Waals surface area contributed by atoms with Gasteiger partial charge in [0.15, 0.2) is 0 Å². The van der Waals surface area contributed by atoms with Crippen LogP contribution >= 0.6 is 0 Å². The minimum absolute atomic E-state index is 0. The minimum atomic E-state index is -3.70. The number of aliphatic carboxylic acids is 1. The van der Waals surface area contributed by atoms with E-state index < -0.39 is 22.0 Å². The molecule has 1 heterocycles. The van der Waals surface area contributed by atoms with Gasteiger partial charge < -0.3 is 10.6 Å². The van der Waals surface area contributed by atoms with Crippen LogP contribution in [0.25, 0.3) is 0 Å². The van der Waals surface area contributed by atoms with E-state index in [0.29, 0.717) is 12.8 Å². The van der Waals surface area contributed by atoms with Crippen LogP contribution in [0.5, 0.6) is 0 Å². The maximum Gasteiger partial charge on any atom is 0.322 e. The van der Waals surface area contributed by atoms with Crippen LogP contribution in [-0.2, 0) is 14.8 Å². The highest BCUT2D eigenvalue weighted by Gasteiger charge is 2.39. The van der Waals surface area contributed by atoms with E-state index in [2.05, 4.69) is 0 Å². The molecule has 0 spiro atoms. The van der Waals surface area contributed by atoms with E-state index in [1.54, 1.807) is 12.1 Å². The molecule has 1 aromatic rings. The number of aryl methyl sites for hydroxylation is 1. The second-order valence-corrected chi connectivity index (χ2v) is 6.32. The van der Waals surface area contributed by atoms with Gasteiger partial charge in [0.25, 0.3) is 0 Å². The van der Waals surface area contributed by atoms with Gasteiger partial charge in [-0.15, -0.1) is 0 Å². The lowest BCUT2D eigenvalue weighted by atomic mass is 10.2. The van der Waals surface area contributed by atoms with Crippen molar-refractivity contribution < 1.29 is 23.8 Å². The molecule has 1 fully saturated rings. The fourth-order valence-corrected chi connectivity index (χ4v) is 3.77. The standard InChI is InChI=1S/C12H15NO4S.H2O/c1-9-4-6-10(7-5-9)18(16,17)13-8-2-3-11(13)12(14)15;/h4-7,11H,2-3,8H2,1H3,(H,14,15);1H2. The van der Waals surface area contributed by atoms with Crippen molar-refractivity contribution in [1.29, 1.82) is 0 Å². The van der Waals surface area contributed by atoms with Crippen molar-refractivity contribution in [2.24, 2.45) is 0 Å². The fourth-order valence-electron chi connectivity index (χ4n) is 2.12. The molecule has 1 atom stereocenters. The van der Waals surface area contributed by atoms with Gasteiger partial charge in [-0.25, -0.2) is 8.42 Å². The van der Waals surface area contributed by atoms with Crippen molar-refractivity contribution in [2.45, 2.75) is 30.7 Å². The second kappa shape index (κ2) is 5.68. The van der Waals surface area contributed by atoms with Crippen molar-refractivity contribution in [3.63, 3.8) is 0 Å². The number of rotatable bonds is 3. The monoisotopic (exact) mass is 287 g/mol. The molecule has 1 unspecified atom stereocenters. The van der Waals surface area contributed by atoms with Crippen molar-refractivity contribution in [3.05, 3.63) is 29.8 Å². The van der Waals surface area contributed by atoms with E-state index in [1.165, 1.54) is 12.1 Å². The normalized spacial score (nSPS) is 19.9. The first-order chi connectivity index (χ1) is 8.43. The number of sulfonamides is 1. The van der Waals surface area contributed by atoms with Crippen LogP contribution in [0.4, 0.5) is 0 Å². The molecule has 106 valence electrons. The van der Waals surface area contributed by atoms with Gasteiger partial charge in [-0.2, -0.15) is 4.31 Å². The van der Waals surface area contributed by atoms with E-state index in [0.717, 1.165) is 9.87 Å². The van der Waals surface area contributed by atoms with Crippen molar-refractivity contribution >= 4 is 16.0 Å². The molecule has 0 saturated carbocycles. The molecule has 0 amide bonds. The molecule has 1 saturated heterocycles. The summed E-state index contributed by atoms with van der Waals surface area (Å²) >= 11 is 0. The first-order valence-corrected chi connectivity index (χ1v) is 7.18. The Morgan fingerprint density at radius 1 is 1.32 bits per heavy atom. The quantitative estimate of drug-likeness (QED) is 0.868. The molecule has 19 heavy (non-hydrogen) atoms. The Kier molecular flexibility index (Phi) is 4.67. The Balaban J connectivity index is 0.00000180. The molecule has 3 N–H and O–H groups in total. The Bertz CT molecular complexity index is 552. The summed E-state index contributed by atoms with van der Waals surface area (Å²) in [5.41, 5.74) is 0.963. The smallest absolute Gasteiger partial charge is 0.322 e. The van der Waals surface area contributed by atoms with Crippen LogP contribution in [0.3, 0.4) is 0 Å². The Hall–Kier alpha value is -1.44. The predicted molar refractivity (Wildman–Crippen MR) is 69.3 cm³/mol. The van der Waals surface area contributed by atoms with Crippen molar-refractivity contribution in [1.82, 2.24) is 4.31 Å². The molecule has 6 nitrogen and oxygen atoms in total. The number of carboxylic acid groups (broad SMARTS) is 1. The summed E-state index contributed by atoms with van der Waals surface area (Å²) in [7, 11) is -3.70. The summed E-state index contributed by atoms with van der Waals surface area (Å²) < 4.78 is 25.7. The highest BCUT2D eigenvalue weighted by Crippen LogP contribution is 2.26. The molecular formula is C12H17NO5S. The first-order valence-electron chi connectivity index (χ1n) is 5.74. The highest BCUT2D eigenvalue weighted by molar-refractivity contribution is 7.89. The zero-order valence-corrected chi connectivity index (χ0v) is 11.4. The molecule has 2 rings (SSSR count). The number of carboxylic acids is 1. The summed E-state index contributed by atoms with van der Waals surface area (Å²) in [4.78, 5) is 11.2. The molecule has 0 radical (unpaired) electrons.